The topological polar surface area (TPSA) is 144 Å². The fourth-order valence-corrected chi connectivity index (χ4v) is 5.86. The molecule has 0 unspecified atom stereocenters. The summed E-state index contributed by atoms with van der Waals surface area (Å²) in [5, 5.41) is 16.5. The number of carbonyl (C=O) groups excluding carboxylic acids is 3. The van der Waals surface area contributed by atoms with Gasteiger partial charge in [-0.3, -0.25) is 19.4 Å². The molecule has 1 aromatic carbocycles. The molecule has 4 rings (SSSR count). The molecule has 4 N–H and O–H groups in total. The summed E-state index contributed by atoms with van der Waals surface area (Å²) < 4.78 is 0. The van der Waals surface area contributed by atoms with Crippen LogP contribution in [0.1, 0.15) is 63.6 Å². The molecule has 10 heteroatoms. The highest BCUT2D eigenvalue weighted by Gasteiger charge is 2.36. The number of carbonyl (C=O) groups is 4. The van der Waals surface area contributed by atoms with Gasteiger partial charge in [0.05, 0.1) is 0 Å². The summed E-state index contributed by atoms with van der Waals surface area (Å²) in [5.41, 5.74) is 2.23. The average Bonchev–Trinajstić information content (AvgIpc) is 3.41. The summed E-state index contributed by atoms with van der Waals surface area (Å²) in [7, 11) is 1.55. The molecular weight excluding hydrogens is 546 g/mol. The van der Waals surface area contributed by atoms with E-state index < -0.39 is 30.0 Å². The molecule has 0 spiro atoms. The van der Waals surface area contributed by atoms with Crippen LogP contribution < -0.4 is 10.6 Å². The largest absolute Gasteiger partial charge is 0.480 e. The second-order valence-corrected chi connectivity index (χ2v) is 12.0. The Balaban J connectivity index is 1.60. The highest BCUT2D eigenvalue weighted by molar-refractivity contribution is 5.94. The normalized spacial score (nSPS) is 15.9. The Hall–Kier alpha value is -4.21. The van der Waals surface area contributed by atoms with E-state index >= 15 is 0 Å². The molecule has 3 atom stereocenters. The van der Waals surface area contributed by atoms with Crippen molar-refractivity contribution in [2.24, 2.45) is 11.8 Å². The van der Waals surface area contributed by atoms with Crippen LogP contribution in [0.3, 0.4) is 0 Å². The van der Waals surface area contributed by atoms with Crippen molar-refractivity contribution in [2.75, 3.05) is 7.05 Å². The van der Waals surface area contributed by atoms with E-state index in [4.69, 9.17) is 0 Å². The first-order valence-corrected chi connectivity index (χ1v) is 15.2. The van der Waals surface area contributed by atoms with Gasteiger partial charge in [0.2, 0.25) is 17.7 Å². The summed E-state index contributed by atoms with van der Waals surface area (Å²) in [4.78, 5) is 62.1. The van der Waals surface area contributed by atoms with Crippen molar-refractivity contribution >= 4 is 34.6 Å². The van der Waals surface area contributed by atoms with Crippen molar-refractivity contribution < 1.29 is 24.3 Å². The zero-order chi connectivity index (χ0) is 30.9. The van der Waals surface area contributed by atoms with E-state index in [9.17, 15) is 24.3 Å². The highest BCUT2D eigenvalue weighted by Crippen LogP contribution is 2.25. The maximum atomic E-state index is 14.0. The Kier molecular flexibility index (Phi) is 10.9. The Labute approximate surface area is 252 Å². The molecule has 1 fully saturated rings. The van der Waals surface area contributed by atoms with Crippen LogP contribution in [-0.2, 0) is 32.0 Å². The molecule has 1 aliphatic carbocycles. The fraction of sp³-hybridized carbons (Fsp3) is 0.485. The second kappa shape index (κ2) is 14.8. The van der Waals surface area contributed by atoms with Gasteiger partial charge in [-0.05, 0) is 48.9 Å². The lowest BCUT2D eigenvalue weighted by Crippen LogP contribution is -2.57. The number of hydrogen-bond acceptors (Lipinski definition) is 5. The summed E-state index contributed by atoms with van der Waals surface area (Å²) in [6.45, 7) is 3.97. The zero-order valence-electron chi connectivity index (χ0n) is 25.2. The monoisotopic (exact) mass is 589 g/mol. The maximum Gasteiger partial charge on any atom is 0.326 e. The van der Waals surface area contributed by atoms with Crippen LogP contribution in [0.4, 0.5) is 0 Å². The van der Waals surface area contributed by atoms with Crippen LogP contribution in [0, 0.1) is 11.8 Å². The molecule has 1 saturated carbocycles. The number of benzene rings is 1. The van der Waals surface area contributed by atoms with Gasteiger partial charge in [-0.15, -0.1) is 0 Å². The standard InChI is InChI=1S/C33H43N5O5/c1-21(2)17-27(36-30(39)22-11-5-4-6-12-22)32(41)38(3)29(18-23-20-35-26-15-8-7-14-25(23)26)31(40)37-28(33(42)43)19-24-13-9-10-16-34-24/h7-10,13-16,20-22,27-29,35H,4-6,11-12,17-19H2,1-3H3,(H,36,39)(H,37,40)(H,42,43)/t27-,28-,29+/m1/s1. The Bertz CT molecular complexity index is 1400. The number of nitrogens with zero attached hydrogens (tertiary/aromatic N) is 2. The molecule has 0 bridgehead atoms. The molecule has 0 radical (unpaired) electrons. The number of fused-ring (bicyclic) bond motifs is 1. The van der Waals surface area contributed by atoms with Gasteiger partial charge in [-0.25, -0.2) is 4.79 Å². The number of carboxylic acids is 1. The highest BCUT2D eigenvalue weighted by atomic mass is 16.4. The summed E-state index contributed by atoms with van der Waals surface area (Å²) in [6, 6.07) is 9.78. The van der Waals surface area contributed by atoms with Crippen molar-refractivity contribution in [3.8, 4) is 0 Å². The Morgan fingerprint density at radius 1 is 0.977 bits per heavy atom. The van der Waals surface area contributed by atoms with Crippen molar-refractivity contribution in [3.63, 3.8) is 0 Å². The van der Waals surface area contributed by atoms with Crippen molar-refractivity contribution in [1.29, 1.82) is 0 Å². The van der Waals surface area contributed by atoms with Crippen molar-refractivity contribution in [1.82, 2.24) is 25.5 Å². The summed E-state index contributed by atoms with van der Waals surface area (Å²) in [6.07, 6.45) is 8.66. The van der Waals surface area contributed by atoms with E-state index in [0.717, 1.165) is 48.6 Å². The number of pyridine rings is 1. The van der Waals surface area contributed by atoms with Crippen LogP contribution in [0.25, 0.3) is 10.9 Å². The van der Waals surface area contributed by atoms with Gasteiger partial charge in [0.1, 0.15) is 18.1 Å². The number of H-pyrrole nitrogens is 1. The lowest BCUT2D eigenvalue weighted by molar-refractivity contribution is -0.145. The van der Waals surface area contributed by atoms with Gasteiger partial charge in [0, 0.05) is 54.8 Å². The van der Waals surface area contributed by atoms with E-state index in [1.165, 1.54) is 4.90 Å². The van der Waals surface area contributed by atoms with Gasteiger partial charge in [0.15, 0.2) is 0 Å². The number of aliphatic carboxylic acids is 1. The number of nitrogens with one attached hydrogen (secondary N) is 3. The molecule has 230 valence electrons. The predicted octanol–water partition coefficient (Wildman–Crippen LogP) is 3.86. The third kappa shape index (κ3) is 8.43. The van der Waals surface area contributed by atoms with Gasteiger partial charge in [-0.1, -0.05) is 57.4 Å². The molecule has 2 heterocycles. The molecule has 0 saturated heterocycles. The fourth-order valence-electron chi connectivity index (χ4n) is 5.86. The summed E-state index contributed by atoms with van der Waals surface area (Å²) in [5.74, 6) is -2.29. The van der Waals surface area contributed by atoms with Crippen LogP contribution >= 0.6 is 0 Å². The molecule has 10 nitrogen and oxygen atoms in total. The Morgan fingerprint density at radius 3 is 2.37 bits per heavy atom. The van der Waals surface area contributed by atoms with Crippen LogP contribution in [0.15, 0.2) is 54.9 Å². The number of aromatic nitrogens is 2. The maximum absolute atomic E-state index is 14.0. The average molecular weight is 590 g/mol. The second-order valence-electron chi connectivity index (χ2n) is 12.0. The first-order valence-electron chi connectivity index (χ1n) is 15.2. The lowest BCUT2D eigenvalue weighted by atomic mass is 9.88. The molecule has 43 heavy (non-hydrogen) atoms. The minimum absolute atomic E-state index is 0.00714. The molecule has 3 aromatic rings. The van der Waals surface area contributed by atoms with Gasteiger partial charge >= 0.3 is 5.97 Å². The molecule has 3 amide bonds. The number of hydrogen-bond donors (Lipinski definition) is 4. The van der Waals surface area contributed by atoms with Crippen molar-refractivity contribution in [3.05, 3.63) is 66.1 Å². The number of para-hydroxylation sites is 1. The molecule has 1 aliphatic rings. The van der Waals surface area contributed by atoms with E-state index in [-0.39, 0.29) is 36.5 Å². The van der Waals surface area contributed by atoms with Gasteiger partial charge in [-0.2, -0.15) is 0 Å². The SMILES string of the molecule is CC(C)C[C@@H](NC(=O)C1CCCCC1)C(=O)N(C)[C@@H](Cc1c[nH]c2ccccc12)C(=O)N[C@H](Cc1ccccn1)C(=O)O. The minimum atomic E-state index is -1.24. The first kappa shape index (κ1) is 31.7. The van der Waals surface area contributed by atoms with Gasteiger partial charge in [0.25, 0.3) is 0 Å². The number of carboxylic acid groups (broad SMARTS) is 1. The number of likely N-dealkylation sites (N-methyl/N-ethyl adjacent to an activating group) is 1. The number of amides is 3. The first-order chi connectivity index (χ1) is 20.6. The van der Waals surface area contributed by atoms with Gasteiger partial charge < -0.3 is 25.6 Å². The predicted molar refractivity (Wildman–Crippen MR) is 164 cm³/mol. The van der Waals surface area contributed by atoms with E-state index in [1.807, 2.05) is 44.3 Å². The third-order valence-electron chi connectivity index (χ3n) is 8.26. The number of aromatic amines is 1. The van der Waals surface area contributed by atoms with E-state index in [1.54, 1.807) is 31.4 Å². The van der Waals surface area contributed by atoms with Crippen LogP contribution in [0.2, 0.25) is 0 Å². The third-order valence-corrected chi connectivity index (χ3v) is 8.26. The minimum Gasteiger partial charge on any atom is -0.480 e. The quantitative estimate of drug-likeness (QED) is 0.238. The van der Waals surface area contributed by atoms with Crippen LogP contribution in [0.5, 0.6) is 0 Å². The molecule has 2 aromatic heterocycles. The van der Waals surface area contributed by atoms with E-state index in [2.05, 4.69) is 20.6 Å². The van der Waals surface area contributed by atoms with Crippen LogP contribution in [-0.4, -0.2) is 68.8 Å². The Morgan fingerprint density at radius 2 is 1.70 bits per heavy atom. The van der Waals surface area contributed by atoms with E-state index in [0.29, 0.717) is 12.1 Å². The zero-order valence-corrected chi connectivity index (χ0v) is 25.2. The molecule has 0 aliphatic heterocycles. The summed E-state index contributed by atoms with van der Waals surface area (Å²) >= 11 is 0. The number of rotatable bonds is 13. The van der Waals surface area contributed by atoms with Crippen molar-refractivity contribution in [2.45, 2.75) is 83.3 Å². The molecular formula is C33H43N5O5. The lowest BCUT2D eigenvalue weighted by Gasteiger charge is -2.33. The smallest absolute Gasteiger partial charge is 0.326 e.